The SMILES string of the molecule is Cc1cc(C(=O)Nc2ccccc2OCCn2ccnc2)c2ccc(F)cc2n1. The Morgan fingerprint density at radius 3 is 2.90 bits per heavy atom. The molecule has 0 bridgehead atoms. The number of benzene rings is 2. The van der Waals surface area contributed by atoms with E-state index in [1.807, 2.05) is 22.9 Å². The van der Waals surface area contributed by atoms with Crippen molar-refractivity contribution in [3.05, 3.63) is 84.3 Å². The standard InChI is InChI=1S/C22H19FN4O2/c1-15-12-18(17-7-6-16(23)13-20(17)25-15)22(28)26-19-4-2-3-5-21(19)29-11-10-27-9-8-24-14-27/h2-9,12-14H,10-11H2,1H3,(H,26,28). The highest BCUT2D eigenvalue weighted by atomic mass is 19.1. The summed E-state index contributed by atoms with van der Waals surface area (Å²) >= 11 is 0. The number of pyridine rings is 1. The number of ether oxygens (including phenoxy) is 1. The fourth-order valence-corrected chi connectivity index (χ4v) is 3.09. The lowest BCUT2D eigenvalue weighted by Gasteiger charge is -2.14. The fourth-order valence-electron chi connectivity index (χ4n) is 3.09. The summed E-state index contributed by atoms with van der Waals surface area (Å²) in [5.74, 6) is -0.126. The maximum absolute atomic E-state index is 13.6. The van der Waals surface area contributed by atoms with E-state index in [4.69, 9.17) is 4.74 Å². The minimum Gasteiger partial charge on any atom is -0.490 e. The largest absolute Gasteiger partial charge is 0.490 e. The summed E-state index contributed by atoms with van der Waals surface area (Å²) in [6.07, 6.45) is 5.29. The van der Waals surface area contributed by atoms with Crippen LogP contribution in [0.25, 0.3) is 10.9 Å². The molecule has 2 aromatic heterocycles. The zero-order chi connectivity index (χ0) is 20.2. The van der Waals surface area contributed by atoms with Crippen LogP contribution in [0, 0.1) is 12.7 Å². The summed E-state index contributed by atoms with van der Waals surface area (Å²) in [5.41, 5.74) is 2.08. The zero-order valence-electron chi connectivity index (χ0n) is 15.8. The second-order valence-electron chi connectivity index (χ2n) is 6.57. The highest BCUT2D eigenvalue weighted by Gasteiger charge is 2.15. The second-order valence-corrected chi connectivity index (χ2v) is 6.57. The predicted octanol–water partition coefficient (Wildman–Crippen LogP) is 4.21. The Morgan fingerprint density at radius 2 is 2.07 bits per heavy atom. The number of para-hydroxylation sites is 2. The van der Waals surface area contributed by atoms with Gasteiger partial charge in [0.05, 0.1) is 29.6 Å². The molecule has 1 N–H and O–H groups in total. The highest BCUT2D eigenvalue weighted by Crippen LogP contribution is 2.26. The van der Waals surface area contributed by atoms with Gasteiger partial charge >= 0.3 is 0 Å². The Kier molecular flexibility index (Phi) is 5.20. The van der Waals surface area contributed by atoms with Gasteiger partial charge in [-0.3, -0.25) is 9.78 Å². The van der Waals surface area contributed by atoms with Crippen molar-refractivity contribution >= 4 is 22.5 Å². The van der Waals surface area contributed by atoms with Gasteiger partial charge in [-0.15, -0.1) is 0 Å². The second kappa shape index (κ2) is 8.10. The maximum Gasteiger partial charge on any atom is 0.256 e. The minimum absolute atomic E-state index is 0.308. The van der Waals surface area contributed by atoms with Crippen molar-refractivity contribution in [3.63, 3.8) is 0 Å². The van der Waals surface area contributed by atoms with Crippen molar-refractivity contribution in [2.75, 3.05) is 11.9 Å². The van der Waals surface area contributed by atoms with Crippen LogP contribution in [0.2, 0.25) is 0 Å². The van der Waals surface area contributed by atoms with E-state index < -0.39 is 5.82 Å². The van der Waals surface area contributed by atoms with E-state index in [9.17, 15) is 9.18 Å². The first-order valence-corrected chi connectivity index (χ1v) is 9.16. The Morgan fingerprint density at radius 1 is 1.21 bits per heavy atom. The number of aromatic nitrogens is 3. The molecule has 0 aliphatic rings. The number of hydrogen-bond acceptors (Lipinski definition) is 4. The average molecular weight is 390 g/mol. The van der Waals surface area contributed by atoms with Crippen LogP contribution in [0.5, 0.6) is 5.75 Å². The molecule has 0 aliphatic heterocycles. The van der Waals surface area contributed by atoms with Gasteiger partial charge in [-0.1, -0.05) is 12.1 Å². The Labute approximate surface area is 167 Å². The smallest absolute Gasteiger partial charge is 0.256 e. The lowest BCUT2D eigenvalue weighted by Crippen LogP contribution is -2.15. The molecular weight excluding hydrogens is 371 g/mol. The summed E-state index contributed by atoms with van der Waals surface area (Å²) < 4.78 is 21.3. The first-order chi connectivity index (χ1) is 14.1. The molecule has 2 aromatic carbocycles. The topological polar surface area (TPSA) is 69.0 Å². The number of carbonyl (C=O) groups is 1. The number of hydrogen-bond donors (Lipinski definition) is 1. The molecule has 0 atom stereocenters. The van der Waals surface area contributed by atoms with Crippen molar-refractivity contribution in [1.82, 2.24) is 14.5 Å². The highest BCUT2D eigenvalue weighted by molar-refractivity contribution is 6.12. The van der Waals surface area contributed by atoms with Gasteiger partial charge in [0.1, 0.15) is 18.2 Å². The van der Waals surface area contributed by atoms with Gasteiger partial charge in [0.25, 0.3) is 5.91 Å². The predicted molar refractivity (Wildman–Crippen MR) is 109 cm³/mol. The van der Waals surface area contributed by atoms with Crippen molar-refractivity contribution in [2.45, 2.75) is 13.5 Å². The van der Waals surface area contributed by atoms with Crippen molar-refractivity contribution < 1.29 is 13.9 Å². The van der Waals surface area contributed by atoms with Gasteiger partial charge in [0, 0.05) is 29.5 Å². The number of nitrogens with zero attached hydrogens (tertiary/aromatic N) is 3. The first kappa shape index (κ1) is 18.6. The molecule has 0 saturated carbocycles. The molecule has 0 saturated heterocycles. The average Bonchev–Trinajstić information content (AvgIpc) is 3.21. The molecule has 1 amide bonds. The molecule has 0 aliphatic carbocycles. The Hall–Kier alpha value is -3.74. The summed E-state index contributed by atoms with van der Waals surface area (Å²) in [7, 11) is 0. The van der Waals surface area contributed by atoms with Crippen molar-refractivity contribution in [2.24, 2.45) is 0 Å². The van der Waals surface area contributed by atoms with E-state index in [-0.39, 0.29) is 5.91 Å². The van der Waals surface area contributed by atoms with Gasteiger partial charge in [0.15, 0.2) is 0 Å². The molecule has 4 aromatic rings. The third-order valence-electron chi connectivity index (χ3n) is 4.45. The van der Waals surface area contributed by atoms with Crippen LogP contribution < -0.4 is 10.1 Å². The molecule has 29 heavy (non-hydrogen) atoms. The van der Waals surface area contributed by atoms with Gasteiger partial charge in [-0.2, -0.15) is 0 Å². The number of aryl methyl sites for hydroxylation is 1. The lowest BCUT2D eigenvalue weighted by atomic mass is 10.1. The zero-order valence-corrected chi connectivity index (χ0v) is 15.8. The number of amides is 1. The van der Waals surface area contributed by atoms with E-state index in [1.165, 1.54) is 12.1 Å². The molecule has 7 heteroatoms. The van der Waals surface area contributed by atoms with Crippen LogP contribution >= 0.6 is 0 Å². The lowest BCUT2D eigenvalue weighted by molar-refractivity contribution is 0.102. The van der Waals surface area contributed by atoms with E-state index in [2.05, 4.69) is 15.3 Å². The molecule has 0 radical (unpaired) electrons. The quantitative estimate of drug-likeness (QED) is 0.535. The Balaban J connectivity index is 1.55. The van der Waals surface area contributed by atoms with E-state index in [1.54, 1.807) is 43.7 Å². The fraction of sp³-hybridized carbons (Fsp3) is 0.136. The summed E-state index contributed by atoms with van der Waals surface area (Å²) in [6, 6.07) is 13.2. The monoisotopic (exact) mass is 390 g/mol. The molecule has 0 unspecified atom stereocenters. The third kappa shape index (κ3) is 4.24. The first-order valence-electron chi connectivity index (χ1n) is 9.16. The number of rotatable bonds is 6. The van der Waals surface area contributed by atoms with Gasteiger partial charge in [-0.05, 0) is 37.3 Å². The van der Waals surface area contributed by atoms with E-state index in [0.29, 0.717) is 46.7 Å². The van der Waals surface area contributed by atoms with Gasteiger partial charge in [0.2, 0.25) is 0 Å². The van der Waals surface area contributed by atoms with E-state index >= 15 is 0 Å². The molecular formula is C22H19FN4O2. The van der Waals surface area contributed by atoms with Gasteiger partial charge < -0.3 is 14.6 Å². The van der Waals surface area contributed by atoms with Crippen LogP contribution in [-0.4, -0.2) is 27.0 Å². The molecule has 146 valence electrons. The number of carbonyl (C=O) groups excluding carboxylic acids is 1. The molecule has 6 nitrogen and oxygen atoms in total. The molecule has 2 heterocycles. The molecule has 0 fully saturated rings. The van der Waals surface area contributed by atoms with Crippen LogP contribution in [0.3, 0.4) is 0 Å². The van der Waals surface area contributed by atoms with Crippen LogP contribution in [0.1, 0.15) is 16.1 Å². The summed E-state index contributed by atoms with van der Waals surface area (Å²) in [4.78, 5) is 21.3. The van der Waals surface area contributed by atoms with Crippen LogP contribution in [-0.2, 0) is 6.54 Å². The number of anilines is 1. The number of nitrogens with one attached hydrogen (secondary N) is 1. The summed E-state index contributed by atoms with van der Waals surface area (Å²) in [6.45, 7) is 2.84. The Bertz CT molecular complexity index is 1150. The molecule has 0 spiro atoms. The molecule has 4 rings (SSSR count). The maximum atomic E-state index is 13.6. The number of imidazole rings is 1. The van der Waals surface area contributed by atoms with Crippen LogP contribution in [0.15, 0.2) is 67.3 Å². The van der Waals surface area contributed by atoms with Gasteiger partial charge in [-0.25, -0.2) is 9.37 Å². The summed E-state index contributed by atoms with van der Waals surface area (Å²) in [5, 5.41) is 3.49. The minimum atomic E-state index is -0.390. The third-order valence-corrected chi connectivity index (χ3v) is 4.45. The normalized spacial score (nSPS) is 10.8. The van der Waals surface area contributed by atoms with Crippen molar-refractivity contribution in [1.29, 1.82) is 0 Å². The number of halogens is 1. The van der Waals surface area contributed by atoms with Crippen molar-refractivity contribution in [3.8, 4) is 5.75 Å². The van der Waals surface area contributed by atoms with Crippen LogP contribution in [0.4, 0.5) is 10.1 Å². The van der Waals surface area contributed by atoms with E-state index in [0.717, 1.165) is 0 Å². The number of fused-ring (bicyclic) bond motifs is 1.